The highest BCUT2D eigenvalue weighted by Crippen LogP contribution is 2.29. The van der Waals surface area contributed by atoms with E-state index in [4.69, 9.17) is 5.11 Å². The largest absolute Gasteiger partial charge is 0.478 e. The zero-order valence-corrected chi connectivity index (χ0v) is 13.7. The van der Waals surface area contributed by atoms with Gasteiger partial charge < -0.3 is 5.11 Å². The van der Waals surface area contributed by atoms with Crippen molar-refractivity contribution in [2.24, 2.45) is 0 Å². The number of imidazole rings is 1. The third-order valence-electron chi connectivity index (χ3n) is 3.33. The number of halogens is 1. The predicted octanol–water partition coefficient (Wildman–Crippen LogP) is 3.77. The van der Waals surface area contributed by atoms with Crippen LogP contribution < -0.4 is 0 Å². The van der Waals surface area contributed by atoms with E-state index in [9.17, 15) is 14.9 Å². The number of nitro groups is 1. The molecule has 24 heavy (non-hydrogen) atoms. The summed E-state index contributed by atoms with van der Waals surface area (Å²) < 4.78 is 2.51. The normalized spacial score (nSPS) is 11.2. The van der Waals surface area contributed by atoms with Crippen LogP contribution in [-0.2, 0) is 4.79 Å². The highest BCUT2D eigenvalue weighted by molar-refractivity contribution is 9.10. The quantitative estimate of drug-likeness (QED) is 0.417. The third-order valence-corrected chi connectivity index (χ3v) is 3.80. The number of aliphatic carboxylic acids is 1. The molecular formula is C16H10BrN3O4. The maximum absolute atomic E-state index is 11.0. The van der Waals surface area contributed by atoms with Gasteiger partial charge in [0.1, 0.15) is 5.65 Å². The summed E-state index contributed by atoms with van der Waals surface area (Å²) in [7, 11) is 0. The van der Waals surface area contributed by atoms with Crippen LogP contribution >= 0.6 is 15.9 Å². The first-order chi connectivity index (χ1) is 11.5. The molecule has 1 N–H and O–H groups in total. The third kappa shape index (κ3) is 3.04. The first-order valence-corrected chi connectivity index (χ1v) is 7.58. The molecule has 0 spiro atoms. The summed E-state index contributed by atoms with van der Waals surface area (Å²) in [5.41, 5.74) is 2.07. The molecule has 0 aliphatic heterocycles. The predicted molar refractivity (Wildman–Crippen MR) is 91.7 cm³/mol. The molecule has 0 aliphatic carbocycles. The van der Waals surface area contributed by atoms with Crippen molar-refractivity contribution in [3.63, 3.8) is 0 Å². The van der Waals surface area contributed by atoms with E-state index in [1.54, 1.807) is 28.8 Å². The molecule has 0 atom stereocenters. The molecule has 120 valence electrons. The molecule has 0 aliphatic rings. The number of carboxylic acid groups (broad SMARTS) is 1. The van der Waals surface area contributed by atoms with Crippen molar-refractivity contribution in [1.82, 2.24) is 9.38 Å². The fraction of sp³-hybridized carbons (Fsp3) is 0. The highest BCUT2D eigenvalue weighted by atomic mass is 79.9. The van der Waals surface area contributed by atoms with Gasteiger partial charge in [0.05, 0.1) is 16.3 Å². The minimum absolute atomic E-state index is 0.0566. The zero-order valence-electron chi connectivity index (χ0n) is 12.1. The Hall–Kier alpha value is -3.00. The molecule has 1 aromatic carbocycles. The van der Waals surface area contributed by atoms with E-state index < -0.39 is 10.9 Å². The topological polar surface area (TPSA) is 97.7 Å². The Morgan fingerprint density at radius 2 is 2.12 bits per heavy atom. The molecular weight excluding hydrogens is 378 g/mol. The number of nitro benzene ring substituents is 1. The summed E-state index contributed by atoms with van der Waals surface area (Å²) in [5.74, 6) is -1.09. The van der Waals surface area contributed by atoms with Gasteiger partial charge >= 0.3 is 5.97 Å². The fourth-order valence-corrected chi connectivity index (χ4v) is 2.66. The van der Waals surface area contributed by atoms with Crippen LogP contribution in [0, 0.1) is 10.1 Å². The molecule has 0 radical (unpaired) electrons. The number of carboxylic acids is 1. The van der Waals surface area contributed by atoms with Crippen molar-refractivity contribution in [3.8, 4) is 11.3 Å². The van der Waals surface area contributed by atoms with Crippen molar-refractivity contribution < 1.29 is 14.8 Å². The van der Waals surface area contributed by atoms with Crippen LogP contribution in [0.25, 0.3) is 23.0 Å². The summed E-state index contributed by atoms with van der Waals surface area (Å²) in [6.45, 7) is 0. The molecule has 0 bridgehead atoms. The summed E-state index contributed by atoms with van der Waals surface area (Å²) in [5, 5.41) is 19.9. The van der Waals surface area contributed by atoms with Gasteiger partial charge in [0.25, 0.3) is 5.69 Å². The second-order valence-electron chi connectivity index (χ2n) is 4.90. The van der Waals surface area contributed by atoms with Crippen molar-refractivity contribution in [3.05, 3.63) is 69.0 Å². The molecule has 7 nitrogen and oxygen atoms in total. The minimum Gasteiger partial charge on any atom is -0.478 e. The standard InChI is InChI=1S/C16H10BrN3O4/c17-11-4-6-14-18-16(10-2-1-3-12(8-10)20(23)24)13(19(14)9-11)5-7-15(21)22/h1-9H,(H,21,22)/b7-5+. The molecule has 0 saturated heterocycles. The van der Waals surface area contributed by atoms with E-state index >= 15 is 0 Å². The van der Waals surface area contributed by atoms with E-state index in [-0.39, 0.29) is 5.69 Å². The summed E-state index contributed by atoms with van der Waals surface area (Å²) in [6.07, 6.45) is 4.18. The number of aromatic nitrogens is 2. The molecule has 0 fully saturated rings. The van der Waals surface area contributed by atoms with Gasteiger partial charge in [0.2, 0.25) is 0 Å². The van der Waals surface area contributed by atoms with E-state index in [0.29, 0.717) is 22.6 Å². The van der Waals surface area contributed by atoms with Crippen molar-refractivity contribution >= 4 is 39.3 Å². The Bertz CT molecular complexity index is 994. The Kier molecular flexibility index (Phi) is 4.13. The van der Waals surface area contributed by atoms with Crippen molar-refractivity contribution in [2.75, 3.05) is 0 Å². The lowest BCUT2D eigenvalue weighted by atomic mass is 10.1. The number of non-ortho nitro benzene ring substituents is 1. The van der Waals surface area contributed by atoms with Crippen molar-refractivity contribution in [1.29, 1.82) is 0 Å². The lowest BCUT2D eigenvalue weighted by molar-refractivity contribution is -0.384. The minimum atomic E-state index is -1.09. The van der Waals surface area contributed by atoms with Gasteiger partial charge in [0, 0.05) is 34.4 Å². The van der Waals surface area contributed by atoms with Gasteiger partial charge in [-0.15, -0.1) is 0 Å². The van der Waals surface area contributed by atoms with E-state index in [0.717, 1.165) is 10.5 Å². The van der Waals surface area contributed by atoms with Crippen LogP contribution in [0.2, 0.25) is 0 Å². The molecule has 3 aromatic rings. The van der Waals surface area contributed by atoms with E-state index in [2.05, 4.69) is 20.9 Å². The lowest BCUT2D eigenvalue weighted by Crippen LogP contribution is -1.92. The molecule has 2 aromatic heterocycles. The number of pyridine rings is 1. The van der Waals surface area contributed by atoms with E-state index in [1.165, 1.54) is 18.2 Å². The Balaban J connectivity index is 2.27. The van der Waals surface area contributed by atoms with Gasteiger partial charge in [-0.25, -0.2) is 9.78 Å². The first-order valence-electron chi connectivity index (χ1n) is 6.79. The van der Waals surface area contributed by atoms with Gasteiger partial charge in [-0.05, 0) is 34.1 Å². The Labute approximate surface area is 144 Å². The van der Waals surface area contributed by atoms with Gasteiger partial charge in [-0.2, -0.15) is 0 Å². The molecule has 8 heteroatoms. The second-order valence-corrected chi connectivity index (χ2v) is 5.82. The molecule has 0 unspecified atom stereocenters. The smallest absolute Gasteiger partial charge is 0.328 e. The van der Waals surface area contributed by atoms with Crippen LogP contribution in [0.4, 0.5) is 5.69 Å². The number of fused-ring (bicyclic) bond motifs is 1. The number of benzene rings is 1. The average molecular weight is 388 g/mol. The second kappa shape index (κ2) is 6.25. The lowest BCUT2D eigenvalue weighted by Gasteiger charge is -2.01. The maximum Gasteiger partial charge on any atom is 0.328 e. The van der Waals surface area contributed by atoms with Crippen LogP contribution in [0.5, 0.6) is 0 Å². The summed E-state index contributed by atoms with van der Waals surface area (Å²) in [6, 6.07) is 9.64. The monoisotopic (exact) mass is 387 g/mol. The number of carbonyl (C=O) groups is 1. The SMILES string of the molecule is O=C(O)/C=C/c1c(-c2cccc([N+](=O)[O-])c2)nc2ccc(Br)cn12. The Morgan fingerprint density at radius 1 is 1.33 bits per heavy atom. The fourth-order valence-electron chi connectivity index (χ4n) is 2.33. The number of hydrogen-bond donors (Lipinski definition) is 1. The summed E-state index contributed by atoms with van der Waals surface area (Å²) >= 11 is 3.36. The average Bonchev–Trinajstić information content (AvgIpc) is 2.90. The van der Waals surface area contributed by atoms with Crippen LogP contribution in [-0.4, -0.2) is 25.4 Å². The van der Waals surface area contributed by atoms with Crippen LogP contribution in [0.15, 0.2) is 53.1 Å². The molecule has 3 rings (SSSR count). The van der Waals surface area contributed by atoms with Gasteiger partial charge in [-0.1, -0.05) is 12.1 Å². The maximum atomic E-state index is 11.0. The van der Waals surface area contributed by atoms with Crippen LogP contribution in [0.3, 0.4) is 0 Å². The molecule has 0 saturated carbocycles. The van der Waals surface area contributed by atoms with Gasteiger partial charge in [0.15, 0.2) is 0 Å². The van der Waals surface area contributed by atoms with E-state index in [1.807, 2.05) is 6.07 Å². The number of rotatable bonds is 4. The molecule has 0 amide bonds. The zero-order chi connectivity index (χ0) is 17.3. The van der Waals surface area contributed by atoms with Gasteiger partial charge in [-0.3, -0.25) is 14.5 Å². The number of hydrogen-bond acceptors (Lipinski definition) is 4. The Morgan fingerprint density at radius 3 is 2.83 bits per heavy atom. The highest BCUT2D eigenvalue weighted by Gasteiger charge is 2.15. The first kappa shape index (κ1) is 15.9. The number of nitrogens with zero attached hydrogens (tertiary/aromatic N) is 3. The summed E-state index contributed by atoms with van der Waals surface area (Å²) in [4.78, 5) is 25.9. The molecule has 2 heterocycles. The van der Waals surface area contributed by atoms with Crippen molar-refractivity contribution in [2.45, 2.75) is 0 Å². The van der Waals surface area contributed by atoms with Crippen LogP contribution in [0.1, 0.15) is 5.69 Å².